The van der Waals surface area contributed by atoms with E-state index in [1.807, 2.05) is 11.3 Å². The molecule has 16 heavy (non-hydrogen) atoms. The molecule has 0 amide bonds. The van der Waals surface area contributed by atoms with E-state index in [-0.39, 0.29) is 0 Å². The number of hydrogen-bond acceptors (Lipinski definition) is 3. The first kappa shape index (κ1) is 12.1. The molecule has 1 unspecified atom stereocenters. The molecule has 90 valence electrons. The van der Waals surface area contributed by atoms with E-state index in [0.717, 1.165) is 12.6 Å². The summed E-state index contributed by atoms with van der Waals surface area (Å²) in [6.07, 6.45) is 2.80. The first-order valence-corrected chi connectivity index (χ1v) is 6.98. The van der Waals surface area contributed by atoms with Crippen LogP contribution in [0.5, 0.6) is 0 Å². The van der Waals surface area contributed by atoms with Gasteiger partial charge in [0.15, 0.2) is 0 Å². The van der Waals surface area contributed by atoms with Crippen LogP contribution in [0.3, 0.4) is 0 Å². The molecule has 1 atom stereocenters. The molecule has 1 fully saturated rings. The van der Waals surface area contributed by atoms with Gasteiger partial charge in [0.05, 0.1) is 0 Å². The molecule has 0 radical (unpaired) electrons. The van der Waals surface area contributed by atoms with Crippen molar-refractivity contribution in [2.24, 2.45) is 0 Å². The van der Waals surface area contributed by atoms with Crippen molar-refractivity contribution in [2.75, 3.05) is 20.1 Å². The Bertz CT molecular complexity index is 330. The summed E-state index contributed by atoms with van der Waals surface area (Å²) in [4.78, 5) is 5.32. The van der Waals surface area contributed by atoms with Crippen LogP contribution in [0.25, 0.3) is 0 Å². The molecule has 0 aliphatic heterocycles. The van der Waals surface area contributed by atoms with Gasteiger partial charge >= 0.3 is 0 Å². The van der Waals surface area contributed by atoms with Gasteiger partial charge in [-0.15, -0.1) is 11.3 Å². The number of hydrogen-bond donors (Lipinski definition) is 1. The van der Waals surface area contributed by atoms with Crippen LogP contribution < -0.4 is 5.32 Å². The molecule has 1 aliphatic carbocycles. The molecule has 1 heterocycles. The van der Waals surface area contributed by atoms with Crippen molar-refractivity contribution in [1.29, 1.82) is 0 Å². The van der Waals surface area contributed by atoms with Crippen molar-refractivity contribution in [3.8, 4) is 0 Å². The number of thiophene rings is 1. The SMILES string of the molecule is Cc1ccc(C(C)NCCN(C)C2CC2)s1. The van der Waals surface area contributed by atoms with Crippen molar-refractivity contribution < 1.29 is 0 Å². The normalized spacial score (nSPS) is 18.0. The Morgan fingerprint density at radius 1 is 1.50 bits per heavy atom. The Kier molecular flexibility index (Phi) is 4.00. The molecule has 1 saturated carbocycles. The Balaban J connectivity index is 1.69. The number of likely N-dealkylation sites (N-methyl/N-ethyl adjacent to an activating group) is 1. The fourth-order valence-electron chi connectivity index (χ4n) is 1.94. The summed E-state index contributed by atoms with van der Waals surface area (Å²) < 4.78 is 0. The molecular weight excluding hydrogens is 216 g/mol. The maximum atomic E-state index is 3.59. The van der Waals surface area contributed by atoms with Crippen LogP contribution in [-0.2, 0) is 0 Å². The minimum atomic E-state index is 0.492. The molecule has 0 saturated heterocycles. The molecule has 1 N–H and O–H groups in total. The molecule has 0 spiro atoms. The Labute approximate surface area is 103 Å². The highest BCUT2D eigenvalue weighted by molar-refractivity contribution is 7.12. The van der Waals surface area contributed by atoms with E-state index in [1.165, 1.54) is 29.1 Å². The number of nitrogens with zero attached hydrogens (tertiary/aromatic N) is 1. The average Bonchev–Trinajstić information content (AvgIpc) is 3.01. The van der Waals surface area contributed by atoms with Crippen LogP contribution in [0.4, 0.5) is 0 Å². The molecule has 3 heteroatoms. The summed E-state index contributed by atoms with van der Waals surface area (Å²) in [6.45, 7) is 6.68. The quantitative estimate of drug-likeness (QED) is 0.820. The van der Waals surface area contributed by atoms with E-state index < -0.39 is 0 Å². The largest absolute Gasteiger partial charge is 0.308 e. The van der Waals surface area contributed by atoms with E-state index >= 15 is 0 Å². The highest BCUT2D eigenvalue weighted by atomic mass is 32.1. The number of nitrogens with one attached hydrogen (secondary N) is 1. The van der Waals surface area contributed by atoms with E-state index in [9.17, 15) is 0 Å². The van der Waals surface area contributed by atoms with Gasteiger partial charge in [-0.1, -0.05) is 0 Å². The topological polar surface area (TPSA) is 15.3 Å². The first-order chi connectivity index (χ1) is 7.66. The molecule has 0 aromatic carbocycles. The van der Waals surface area contributed by atoms with Crippen molar-refractivity contribution in [2.45, 2.75) is 38.8 Å². The minimum Gasteiger partial charge on any atom is -0.308 e. The molecule has 0 bridgehead atoms. The minimum absolute atomic E-state index is 0.492. The van der Waals surface area contributed by atoms with E-state index in [1.54, 1.807) is 0 Å². The third-order valence-electron chi connectivity index (χ3n) is 3.27. The predicted octanol–water partition coefficient (Wildman–Crippen LogP) is 2.80. The second-order valence-corrected chi connectivity index (χ2v) is 6.16. The predicted molar refractivity (Wildman–Crippen MR) is 71.1 cm³/mol. The molecular formula is C13H22N2S. The Morgan fingerprint density at radius 3 is 2.81 bits per heavy atom. The Morgan fingerprint density at radius 2 is 2.25 bits per heavy atom. The fourth-order valence-corrected chi connectivity index (χ4v) is 2.85. The lowest BCUT2D eigenvalue weighted by Gasteiger charge is -2.18. The fraction of sp³-hybridized carbons (Fsp3) is 0.692. The van der Waals surface area contributed by atoms with Gasteiger partial charge in [-0.05, 0) is 45.9 Å². The average molecular weight is 238 g/mol. The summed E-state index contributed by atoms with van der Waals surface area (Å²) >= 11 is 1.90. The molecule has 1 aliphatic rings. The molecule has 2 nitrogen and oxygen atoms in total. The van der Waals surface area contributed by atoms with Crippen LogP contribution >= 0.6 is 11.3 Å². The van der Waals surface area contributed by atoms with Crippen LogP contribution in [0, 0.1) is 6.92 Å². The number of rotatable bonds is 6. The molecule has 1 aromatic rings. The van der Waals surface area contributed by atoms with E-state index in [4.69, 9.17) is 0 Å². The van der Waals surface area contributed by atoms with Crippen LogP contribution in [0.2, 0.25) is 0 Å². The van der Waals surface area contributed by atoms with Gasteiger partial charge < -0.3 is 10.2 Å². The van der Waals surface area contributed by atoms with Crippen molar-refractivity contribution in [3.63, 3.8) is 0 Å². The van der Waals surface area contributed by atoms with Gasteiger partial charge in [0.1, 0.15) is 0 Å². The van der Waals surface area contributed by atoms with Gasteiger partial charge in [-0.2, -0.15) is 0 Å². The molecule has 1 aromatic heterocycles. The monoisotopic (exact) mass is 238 g/mol. The van der Waals surface area contributed by atoms with Crippen LogP contribution in [-0.4, -0.2) is 31.1 Å². The lowest BCUT2D eigenvalue weighted by atomic mass is 10.2. The zero-order chi connectivity index (χ0) is 11.5. The third kappa shape index (κ3) is 3.30. The summed E-state index contributed by atoms with van der Waals surface area (Å²) in [5.74, 6) is 0. The standard InChI is InChI=1S/C13H22N2S/c1-10-4-7-13(16-10)11(2)14-8-9-15(3)12-5-6-12/h4,7,11-12,14H,5-6,8-9H2,1-3H3. The Hall–Kier alpha value is -0.380. The zero-order valence-electron chi connectivity index (χ0n) is 10.5. The maximum absolute atomic E-state index is 3.59. The summed E-state index contributed by atoms with van der Waals surface area (Å²) in [7, 11) is 2.24. The lowest BCUT2D eigenvalue weighted by molar-refractivity contribution is 0.317. The second kappa shape index (κ2) is 5.30. The smallest absolute Gasteiger partial charge is 0.0386 e. The van der Waals surface area contributed by atoms with Crippen molar-refractivity contribution in [3.05, 3.63) is 21.9 Å². The second-order valence-electron chi connectivity index (χ2n) is 4.84. The highest BCUT2D eigenvalue weighted by Crippen LogP contribution is 2.25. The third-order valence-corrected chi connectivity index (χ3v) is 4.46. The van der Waals surface area contributed by atoms with Gasteiger partial charge in [-0.3, -0.25) is 0 Å². The first-order valence-electron chi connectivity index (χ1n) is 6.17. The van der Waals surface area contributed by atoms with Crippen molar-refractivity contribution >= 4 is 11.3 Å². The van der Waals surface area contributed by atoms with Crippen molar-refractivity contribution in [1.82, 2.24) is 10.2 Å². The van der Waals surface area contributed by atoms with Gasteiger partial charge in [0.25, 0.3) is 0 Å². The van der Waals surface area contributed by atoms with Gasteiger partial charge in [-0.25, -0.2) is 0 Å². The van der Waals surface area contributed by atoms with E-state index in [0.29, 0.717) is 6.04 Å². The maximum Gasteiger partial charge on any atom is 0.0386 e. The van der Waals surface area contributed by atoms with Crippen LogP contribution in [0.1, 0.15) is 35.6 Å². The number of aryl methyl sites for hydroxylation is 1. The van der Waals surface area contributed by atoms with Gasteiger partial charge in [0, 0.05) is 34.9 Å². The lowest BCUT2D eigenvalue weighted by Crippen LogP contribution is -2.31. The van der Waals surface area contributed by atoms with Crippen LogP contribution in [0.15, 0.2) is 12.1 Å². The van der Waals surface area contributed by atoms with E-state index in [2.05, 4.69) is 43.2 Å². The summed E-state index contributed by atoms with van der Waals surface area (Å²) in [5, 5.41) is 3.59. The molecule has 2 rings (SSSR count). The van der Waals surface area contributed by atoms with Gasteiger partial charge in [0.2, 0.25) is 0 Å². The summed E-state index contributed by atoms with van der Waals surface area (Å²) in [6, 6.07) is 5.81. The highest BCUT2D eigenvalue weighted by Gasteiger charge is 2.25. The zero-order valence-corrected chi connectivity index (χ0v) is 11.3. The summed E-state index contributed by atoms with van der Waals surface area (Å²) in [5.41, 5.74) is 0.